The highest BCUT2D eigenvalue weighted by Crippen LogP contribution is 2.37. The van der Waals surface area contributed by atoms with Crippen LogP contribution in [0.1, 0.15) is 20.2 Å². The number of carbonyl (C=O) groups excluding carboxylic acids is 2. The number of fused-ring (bicyclic) bond motifs is 1. The van der Waals surface area contributed by atoms with Crippen molar-refractivity contribution in [1.29, 1.82) is 0 Å². The van der Waals surface area contributed by atoms with E-state index in [0.717, 1.165) is 21.4 Å². The van der Waals surface area contributed by atoms with E-state index in [1.54, 1.807) is 31.4 Å². The molecule has 2 heterocycles. The van der Waals surface area contributed by atoms with Crippen LogP contribution < -0.4 is 10.1 Å². The molecule has 0 saturated heterocycles. The van der Waals surface area contributed by atoms with Gasteiger partial charge in [-0.3, -0.25) is 9.89 Å². The maximum absolute atomic E-state index is 12.6. The summed E-state index contributed by atoms with van der Waals surface area (Å²) >= 11 is 7.48. The lowest BCUT2D eigenvalue weighted by atomic mass is 10.1. The van der Waals surface area contributed by atoms with Gasteiger partial charge in [0.05, 0.1) is 24.9 Å². The number of benzene rings is 2. The second-order valence-electron chi connectivity index (χ2n) is 6.30. The zero-order chi connectivity index (χ0) is 21.3. The Labute approximate surface area is 180 Å². The maximum Gasteiger partial charge on any atom is 0.349 e. The van der Waals surface area contributed by atoms with Crippen LogP contribution >= 0.6 is 22.9 Å². The first-order valence-corrected chi connectivity index (χ1v) is 10.0. The third kappa shape index (κ3) is 3.74. The van der Waals surface area contributed by atoms with Gasteiger partial charge in [-0.05, 0) is 48.5 Å². The molecule has 9 heteroatoms. The molecule has 0 aliphatic heterocycles. The number of nitrogens with one attached hydrogen (secondary N) is 2. The van der Waals surface area contributed by atoms with Gasteiger partial charge in [0.1, 0.15) is 16.3 Å². The van der Waals surface area contributed by atoms with E-state index in [4.69, 9.17) is 21.1 Å². The van der Waals surface area contributed by atoms with E-state index in [1.807, 2.05) is 24.3 Å². The normalized spacial score (nSPS) is 10.8. The summed E-state index contributed by atoms with van der Waals surface area (Å²) in [6.07, 6.45) is 0. The van der Waals surface area contributed by atoms with E-state index >= 15 is 0 Å². The lowest BCUT2D eigenvalue weighted by Crippen LogP contribution is -2.12. The van der Waals surface area contributed by atoms with Crippen LogP contribution in [0.2, 0.25) is 5.02 Å². The highest BCUT2D eigenvalue weighted by atomic mass is 35.5. The minimum absolute atomic E-state index is 0.320. The third-order valence-corrected chi connectivity index (χ3v) is 6.10. The number of amides is 1. The molecule has 0 saturated carbocycles. The number of hydrogen-bond acceptors (Lipinski definition) is 6. The number of methoxy groups -OCH3 is 2. The van der Waals surface area contributed by atoms with Gasteiger partial charge in [0.2, 0.25) is 0 Å². The van der Waals surface area contributed by atoms with Gasteiger partial charge < -0.3 is 14.8 Å². The second-order valence-corrected chi connectivity index (χ2v) is 7.73. The molecular weight excluding hydrogens is 426 g/mol. The SMILES string of the molecule is COC(=O)c1sc2cc(NC(=O)c3cc(-c4ccc(OC)cc4)n[nH]3)ccc2c1Cl. The number of anilines is 1. The first-order chi connectivity index (χ1) is 14.5. The summed E-state index contributed by atoms with van der Waals surface area (Å²) < 4.78 is 10.7. The number of aromatic nitrogens is 2. The Morgan fingerprint density at radius 3 is 2.57 bits per heavy atom. The van der Waals surface area contributed by atoms with Crippen LogP contribution in [0.3, 0.4) is 0 Å². The van der Waals surface area contributed by atoms with Gasteiger partial charge in [0.15, 0.2) is 0 Å². The molecule has 0 aliphatic carbocycles. The van der Waals surface area contributed by atoms with Gasteiger partial charge >= 0.3 is 5.97 Å². The van der Waals surface area contributed by atoms with E-state index in [-0.39, 0.29) is 5.91 Å². The molecule has 1 amide bonds. The smallest absolute Gasteiger partial charge is 0.349 e. The minimum Gasteiger partial charge on any atom is -0.497 e. The van der Waals surface area contributed by atoms with Gasteiger partial charge in [0, 0.05) is 21.3 Å². The minimum atomic E-state index is -0.490. The topological polar surface area (TPSA) is 93.3 Å². The largest absolute Gasteiger partial charge is 0.497 e. The molecule has 0 bridgehead atoms. The van der Waals surface area contributed by atoms with Gasteiger partial charge in [-0.2, -0.15) is 5.10 Å². The summed E-state index contributed by atoms with van der Waals surface area (Å²) in [4.78, 5) is 24.8. The van der Waals surface area contributed by atoms with Crippen LogP contribution in [0.15, 0.2) is 48.5 Å². The number of esters is 1. The molecule has 0 radical (unpaired) electrons. The van der Waals surface area contributed by atoms with Crippen molar-refractivity contribution in [3.63, 3.8) is 0 Å². The van der Waals surface area contributed by atoms with E-state index in [9.17, 15) is 9.59 Å². The van der Waals surface area contributed by atoms with Crippen molar-refractivity contribution in [3.05, 3.63) is 64.1 Å². The summed E-state index contributed by atoms with van der Waals surface area (Å²) in [7, 11) is 2.91. The van der Waals surface area contributed by atoms with Crippen molar-refractivity contribution in [1.82, 2.24) is 10.2 Å². The Bertz CT molecular complexity index is 1250. The van der Waals surface area contributed by atoms with E-state index in [1.165, 1.54) is 18.4 Å². The van der Waals surface area contributed by atoms with Crippen molar-refractivity contribution in [2.75, 3.05) is 19.5 Å². The molecule has 7 nitrogen and oxygen atoms in total. The number of aromatic amines is 1. The molecule has 2 N–H and O–H groups in total. The molecule has 2 aromatic carbocycles. The lowest BCUT2D eigenvalue weighted by molar-refractivity contribution is 0.0606. The molecule has 0 spiro atoms. The van der Waals surface area contributed by atoms with Crippen molar-refractivity contribution in [2.45, 2.75) is 0 Å². The number of H-pyrrole nitrogens is 1. The fourth-order valence-corrected chi connectivity index (χ4v) is 4.38. The van der Waals surface area contributed by atoms with Crippen LogP contribution in [0.4, 0.5) is 5.69 Å². The molecule has 0 unspecified atom stereocenters. The van der Waals surface area contributed by atoms with Gasteiger partial charge in [-0.1, -0.05) is 11.6 Å². The van der Waals surface area contributed by atoms with Gasteiger partial charge in [-0.15, -0.1) is 11.3 Å². The Morgan fingerprint density at radius 2 is 1.87 bits per heavy atom. The van der Waals surface area contributed by atoms with Crippen molar-refractivity contribution < 1.29 is 19.1 Å². The maximum atomic E-state index is 12.6. The number of thiophene rings is 1. The molecule has 2 aromatic heterocycles. The van der Waals surface area contributed by atoms with Crippen LogP contribution in [-0.2, 0) is 4.74 Å². The zero-order valence-electron chi connectivity index (χ0n) is 16.0. The van der Waals surface area contributed by atoms with E-state index in [2.05, 4.69) is 15.5 Å². The number of halogens is 1. The average molecular weight is 442 g/mol. The molecule has 4 aromatic rings. The first-order valence-electron chi connectivity index (χ1n) is 8.81. The predicted octanol–water partition coefficient (Wildman–Crippen LogP) is 4.99. The molecular formula is C21H16ClN3O4S. The standard InChI is InChI=1S/C21H16ClN3O4S/c1-28-13-6-3-11(4-7-13)15-10-16(25-24-15)20(26)23-12-5-8-14-17(9-12)30-19(18(14)22)21(27)29-2/h3-10H,1-2H3,(H,23,26)(H,24,25). The van der Waals surface area contributed by atoms with Crippen molar-refractivity contribution in [2.24, 2.45) is 0 Å². The van der Waals surface area contributed by atoms with E-state index < -0.39 is 5.97 Å². The fraction of sp³-hybridized carbons (Fsp3) is 0.0952. The highest BCUT2D eigenvalue weighted by Gasteiger charge is 2.18. The van der Waals surface area contributed by atoms with Crippen molar-refractivity contribution in [3.8, 4) is 17.0 Å². The summed E-state index contributed by atoms with van der Waals surface area (Å²) in [5.74, 6) is -0.0838. The monoisotopic (exact) mass is 441 g/mol. The van der Waals surface area contributed by atoms with Crippen LogP contribution in [-0.4, -0.2) is 36.3 Å². The quantitative estimate of drug-likeness (QED) is 0.425. The van der Waals surface area contributed by atoms with Gasteiger partial charge in [0.25, 0.3) is 5.91 Å². The molecule has 30 heavy (non-hydrogen) atoms. The summed E-state index contributed by atoms with van der Waals surface area (Å²) in [6.45, 7) is 0. The average Bonchev–Trinajstić information content (AvgIpc) is 3.38. The molecule has 0 aliphatic rings. The number of rotatable bonds is 5. The zero-order valence-corrected chi connectivity index (χ0v) is 17.6. The van der Waals surface area contributed by atoms with Gasteiger partial charge in [-0.25, -0.2) is 4.79 Å². The van der Waals surface area contributed by atoms with Crippen LogP contribution in [0.25, 0.3) is 21.3 Å². The lowest BCUT2D eigenvalue weighted by Gasteiger charge is -2.03. The number of nitrogens with zero attached hydrogens (tertiary/aromatic N) is 1. The van der Waals surface area contributed by atoms with Crippen molar-refractivity contribution >= 4 is 50.6 Å². The predicted molar refractivity (Wildman–Crippen MR) is 117 cm³/mol. The number of carbonyl (C=O) groups is 2. The Kier molecular flexibility index (Phi) is 5.43. The Hall–Kier alpha value is -3.36. The summed E-state index contributed by atoms with van der Waals surface area (Å²) in [5, 5.41) is 10.9. The Balaban J connectivity index is 1.54. The molecule has 0 fully saturated rings. The number of ether oxygens (including phenoxy) is 2. The second kappa shape index (κ2) is 8.17. The number of hydrogen-bond donors (Lipinski definition) is 2. The summed E-state index contributed by atoms with van der Waals surface area (Å²) in [5.41, 5.74) is 2.39. The fourth-order valence-electron chi connectivity index (χ4n) is 2.91. The third-order valence-electron chi connectivity index (χ3n) is 4.47. The van der Waals surface area contributed by atoms with Crippen LogP contribution in [0, 0.1) is 0 Å². The van der Waals surface area contributed by atoms with Crippen LogP contribution in [0.5, 0.6) is 5.75 Å². The molecule has 0 atom stereocenters. The molecule has 4 rings (SSSR count). The first kappa shape index (κ1) is 19.9. The highest BCUT2D eigenvalue weighted by molar-refractivity contribution is 7.21. The van der Waals surface area contributed by atoms with E-state index in [0.29, 0.717) is 27.0 Å². The molecule has 152 valence electrons. The summed E-state index contributed by atoms with van der Waals surface area (Å²) in [6, 6.07) is 14.3. The Morgan fingerprint density at radius 1 is 1.10 bits per heavy atom.